The fourth-order valence-corrected chi connectivity index (χ4v) is 3.98. The smallest absolute Gasteiger partial charge is 0.491 e. The maximum atomic E-state index is 12.5. The van der Waals surface area contributed by atoms with Crippen LogP contribution < -0.4 is 10.2 Å². The molecule has 2 aliphatic rings. The van der Waals surface area contributed by atoms with Crippen LogP contribution >= 0.6 is 0 Å². The minimum Gasteiger partial charge on any atom is -0.491 e. The molecule has 2 atom stereocenters. The standard InChI is InChI=1S/C22H34BNO5/c1-16-14-22(5,6)29-23(28-16)17-9-7-11-19(13-17)26-15-18-10-8-12-24(18)20(25)27-21(2,3)4/h7,9,11,13,16,18H,8,10,12,14-15H2,1-6H3/t16-,18-/m0/s1. The van der Waals surface area contributed by atoms with Crippen LogP contribution in [0.2, 0.25) is 0 Å². The molecule has 1 amide bonds. The zero-order valence-electron chi connectivity index (χ0n) is 18.6. The lowest BCUT2D eigenvalue weighted by atomic mass is 9.75. The van der Waals surface area contributed by atoms with Crippen LogP contribution in [0.15, 0.2) is 24.3 Å². The first-order chi connectivity index (χ1) is 13.5. The maximum absolute atomic E-state index is 12.5. The monoisotopic (exact) mass is 403 g/mol. The van der Waals surface area contributed by atoms with Crippen LogP contribution in [0.5, 0.6) is 5.75 Å². The first-order valence-electron chi connectivity index (χ1n) is 10.6. The average Bonchev–Trinajstić information content (AvgIpc) is 3.06. The van der Waals surface area contributed by atoms with Gasteiger partial charge in [0.25, 0.3) is 0 Å². The molecule has 0 radical (unpaired) electrons. The van der Waals surface area contributed by atoms with E-state index in [1.807, 2.05) is 45.0 Å². The molecule has 1 aromatic rings. The zero-order chi connectivity index (χ0) is 21.2. The quantitative estimate of drug-likeness (QED) is 0.717. The van der Waals surface area contributed by atoms with Crippen molar-refractivity contribution in [3.8, 4) is 5.75 Å². The number of nitrogens with zero attached hydrogens (tertiary/aromatic N) is 1. The Morgan fingerprint density at radius 3 is 2.79 bits per heavy atom. The van der Waals surface area contributed by atoms with Crippen molar-refractivity contribution in [1.82, 2.24) is 4.90 Å². The SMILES string of the molecule is C[C@H]1CC(C)(C)OB(c2cccc(OC[C@@H]3CCCN3C(=O)OC(C)(C)C)c2)O1. The molecule has 29 heavy (non-hydrogen) atoms. The molecule has 0 bridgehead atoms. The molecular formula is C22H34BNO5. The minimum atomic E-state index is -0.496. The highest BCUT2D eigenvalue weighted by Gasteiger charge is 2.38. The summed E-state index contributed by atoms with van der Waals surface area (Å²) in [5, 5.41) is 0. The van der Waals surface area contributed by atoms with Gasteiger partial charge in [0.15, 0.2) is 0 Å². The maximum Gasteiger partial charge on any atom is 0.494 e. The third kappa shape index (κ3) is 6.13. The number of benzene rings is 1. The lowest BCUT2D eigenvalue weighted by Crippen LogP contribution is -2.51. The molecule has 1 aromatic carbocycles. The van der Waals surface area contributed by atoms with Gasteiger partial charge < -0.3 is 23.7 Å². The van der Waals surface area contributed by atoms with Gasteiger partial charge in [-0.05, 0) is 78.4 Å². The molecule has 2 saturated heterocycles. The van der Waals surface area contributed by atoms with Crippen LogP contribution in [0.25, 0.3) is 0 Å². The summed E-state index contributed by atoms with van der Waals surface area (Å²) in [4.78, 5) is 14.2. The van der Waals surface area contributed by atoms with E-state index in [2.05, 4.69) is 20.8 Å². The van der Waals surface area contributed by atoms with Crippen LogP contribution in [0.3, 0.4) is 0 Å². The fourth-order valence-electron chi connectivity index (χ4n) is 3.98. The number of rotatable bonds is 4. The number of hydrogen-bond donors (Lipinski definition) is 0. The van der Waals surface area contributed by atoms with Crippen LogP contribution in [0.4, 0.5) is 4.79 Å². The first kappa shape index (κ1) is 22.0. The van der Waals surface area contributed by atoms with Crippen molar-refractivity contribution in [2.45, 2.75) is 84.2 Å². The van der Waals surface area contributed by atoms with Gasteiger partial charge in [0, 0.05) is 12.6 Å². The van der Waals surface area contributed by atoms with Crippen LogP contribution in [0.1, 0.15) is 60.8 Å². The van der Waals surface area contributed by atoms with Crippen molar-refractivity contribution in [3.05, 3.63) is 24.3 Å². The number of ether oxygens (including phenoxy) is 2. The second-order valence-electron chi connectivity index (χ2n) is 9.71. The van der Waals surface area contributed by atoms with Crippen molar-refractivity contribution >= 4 is 18.7 Å². The molecule has 2 aliphatic heterocycles. The number of likely N-dealkylation sites (tertiary alicyclic amines) is 1. The first-order valence-corrected chi connectivity index (χ1v) is 10.6. The third-order valence-electron chi connectivity index (χ3n) is 5.14. The van der Waals surface area contributed by atoms with Gasteiger partial charge in [-0.1, -0.05) is 12.1 Å². The lowest BCUT2D eigenvalue weighted by molar-refractivity contribution is -0.0230. The molecule has 0 aromatic heterocycles. The Bertz CT molecular complexity index is 717. The fraction of sp³-hybridized carbons (Fsp3) is 0.682. The summed E-state index contributed by atoms with van der Waals surface area (Å²) < 4.78 is 23.7. The van der Waals surface area contributed by atoms with E-state index in [4.69, 9.17) is 18.8 Å². The molecule has 0 saturated carbocycles. The van der Waals surface area contributed by atoms with Gasteiger partial charge in [-0.25, -0.2) is 4.79 Å². The Balaban J connectivity index is 1.61. The Labute approximate surface area is 175 Å². The summed E-state index contributed by atoms with van der Waals surface area (Å²) in [7, 11) is -0.401. The lowest BCUT2D eigenvalue weighted by Gasteiger charge is -2.38. The van der Waals surface area contributed by atoms with E-state index in [0.717, 1.165) is 30.5 Å². The summed E-state index contributed by atoms with van der Waals surface area (Å²) in [6.07, 6.45) is 2.61. The van der Waals surface area contributed by atoms with Gasteiger partial charge >= 0.3 is 13.2 Å². The number of hydrogen-bond acceptors (Lipinski definition) is 5. The molecular weight excluding hydrogens is 369 g/mol. The summed E-state index contributed by atoms with van der Waals surface area (Å²) in [6.45, 7) is 13.1. The minimum absolute atomic E-state index is 0.0228. The van der Waals surface area contributed by atoms with Crippen molar-refractivity contribution in [3.63, 3.8) is 0 Å². The molecule has 3 rings (SSSR count). The van der Waals surface area contributed by atoms with Crippen LogP contribution in [0, 0.1) is 0 Å². The molecule has 0 spiro atoms. The zero-order valence-corrected chi connectivity index (χ0v) is 18.6. The number of amides is 1. The van der Waals surface area contributed by atoms with Gasteiger partial charge in [0.2, 0.25) is 0 Å². The van der Waals surface area contributed by atoms with E-state index in [0.29, 0.717) is 13.2 Å². The highest BCUT2D eigenvalue weighted by atomic mass is 16.6. The van der Waals surface area contributed by atoms with E-state index >= 15 is 0 Å². The van der Waals surface area contributed by atoms with Crippen LogP contribution in [-0.2, 0) is 14.0 Å². The topological polar surface area (TPSA) is 57.2 Å². The van der Waals surface area contributed by atoms with Crippen LogP contribution in [-0.4, -0.2) is 54.6 Å². The van der Waals surface area contributed by atoms with Gasteiger partial charge in [-0.15, -0.1) is 0 Å². The van der Waals surface area contributed by atoms with Gasteiger partial charge in [0.1, 0.15) is 18.0 Å². The third-order valence-corrected chi connectivity index (χ3v) is 5.14. The van der Waals surface area contributed by atoms with E-state index < -0.39 is 12.7 Å². The largest absolute Gasteiger partial charge is 0.494 e. The van der Waals surface area contributed by atoms with E-state index in [1.54, 1.807) is 4.90 Å². The van der Waals surface area contributed by atoms with Gasteiger partial charge in [-0.3, -0.25) is 0 Å². The van der Waals surface area contributed by atoms with Crippen molar-refractivity contribution in [1.29, 1.82) is 0 Å². The van der Waals surface area contributed by atoms with Gasteiger partial charge in [0.05, 0.1) is 11.6 Å². The second kappa shape index (κ2) is 8.56. The summed E-state index contributed by atoms with van der Waals surface area (Å²) >= 11 is 0. The Morgan fingerprint density at radius 2 is 2.10 bits per heavy atom. The van der Waals surface area contributed by atoms with Crippen molar-refractivity contribution in [2.75, 3.05) is 13.2 Å². The Kier molecular flexibility index (Phi) is 6.49. The predicted molar refractivity (Wildman–Crippen MR) is 114 cm³/mol. The highest BCUT2D eigenvalue weighted by Crippen LogP contribution is 2.26. The Hall–Kier alpha value is -1.73. The molecule has 2 heterocycles. The summed E-state index contributed by atoms with van der Waals surface area (Å²) in [5.74, 6) is 0.752. The average molecular weight is 403 g/mol. The molecule has 0 unspecified atom stereocenters. The normalized spacial score (nSPS) is 24.5. The summed E-state index contributed by atoms with van der Waals surface area (Å²) in [5.41, 5.74) is 0.221. The Morgan fingerprint density at radius 1 is 1.34 bits per heavy atom. The van der Waals surface area contributed by atoms with Crippen molar-refractivity contribution < 1.29 is 23.6 Å². The second-order valence-corrected chi connectivity index (χ2v) is 9.71. The van der Waals surface area contributed by atoms with E-state index in [1.165, 1.54) is 0 Å². The predicted octanol–water partition coefficient (Wildman–Crippen LogP) is 3.76. The van der Waals surface area contributed by atoms with Crippen molar-refractivity contribution in [2.24, 2.45) is 0 Å². The number of carbonyl (C=O) groups is 1. The van der Waals surface area contributed by atoms with E-state index in [9.17, 15) is 4.79 Å². The molecule has 7 heteroatoms. The van der Waals surface area contributed by atoms with E-state index in [-0.39, 0.29) is 23.8 Å². The van der Waals surface area contributed by atoms with Gasteiger partial charge in [-0.2, -0.15) is 0 Å². The molecule has 2 fully saturated rings. The molecule has 0 N–H and O–H groups in total. The highest BCUT2D eigenvalue weighted by molar-refractivity contribution is 6.61. The molecule has 160 valence electrons. The number of carbonyl (C=O) groups excluding carboxylic acids is 1. The molecule has 6 nitrogen and oxygen atoms in total. The summed E-state index contributed by atoms with van der Waals surface area (Å²) in [6, 6.07) is 7.85. The molecule has 0 aliphatic carbocycles.